The monoisotopic (exact) mass is 514 g/mol. The number of halogens is 1. The maximum Gasteiger partial charge on any atom is 0.306 e. The number of pyridine rings is 1. The van der Waals surface area contributed by atoms with Crippen LogP contribution in [-0.4, -0.2) is 43.5 Å². The van der Waals surface area contributed by atoms with Gasteiger partial charge >= 0.3 is 5.97 Å². The topological polar surface area (TPSA) is 68.7 Å². The highest BCUT2D eigenvalue weighted by Gasteiger charge is 2.34. The highest BCUT2D eigenvalue weighted by atomic mass is 79.9. The van der Waals surface area contributed by atoms with Gasteiger partial charge in [0.1, 0.15) is 0 Å². The van der Waals surface area contributed by atoms with Crippen molar-refractivity contribution in [2.75, 3.05) is 31.2 Å². The molecule has 0 amide bonds. The summed E-state index contributed by atoms with van der Waals surface area (Å²) < 4.78 is 12.2. The Morgan fingerprint density at radius 2 is 2.00 bits per heavy atom. The number of carbonyl (C=O) groups excluding carboxylic acids is 2. The molecule has 1 aromatic carbocycles. The van der Waals surface area contributed by atoms with Gasteiger partial charge in [-0.3, -0.25) is 9.59 Å². The Hall–Kier alpha value is -2.41. The number of anilines is 1. The second-order valence-corrected chi connectivity index (χ2v) is 9.86. The SMILES string of the molecule is CCOC(=O)CC(c1ccnc(OCC2CCN(c3cc(Br)ccc3C=O)CC2)c1)C1CC1. The summed E-state index contributed by atoms with van der Waals surface area (Å²) in [7, 11) is 0. The molecular formula is C26H31BrN2O4. The molecule has 4 rings (SSSR count). The molecule has 2 aromatic rings. The van der Waals surface area contributed by atoms with E-state index in [2.05, 4.69) is 25.8 Å². The first-order valence-corrected chi connectivity index (χ1v) is 12.6. The van der Waals surface area contributed by atoms with Crippen molar-refractivity contribution in [2.24, 2.45) is 11.8 Å². The van der Waals surface area contributed by atoms with Crippen molar-refractivity contribution in [1.29, 1.82) is 0 Å². The summed E-state index contributed by atoms with van der Waals surface area (Å²) in [5, 5.41) is 0. The Morgan fingerprint density at radius 1 is 1.21 bits per heavy atom. The fraction of sp³-hybridized carbons (Fsp3) is 0.500. The molecule has 33 heavy (non-hydrogen) atoms. The molecule has 1 saturated carbocycles. The van der Waals surface area contributed by atoms with Gasteiger partial charge in [-0.15, -0.1) is 0 Å². The number of aldehydes is 1. The average molecular weight is 515 g/mol. The van der Waals surface area contributed by atoms with Gasteiger partial charge in [-0.05, 0) is 80.2 Å². The highest BCUT2D eigenvalue weighted by molar-refractivity contribution is 9.10. The van der Waals surface area contributed by atoms with Gasteiger partial charge < -0.3 is 14.4 Å². The fourth-order valence-corrected chi connectivity index (χ4v) is 4.97. The maximum atomic E-state index is 12.1. The van der Waals surface area contributed by atoms with Crippen LogP contribution in [-0.2, 0) is 9.53 Å². The molecular weight excluding hydrogens is 484 g/mol. The Kier molecular flexibility index (Phi) is 8.02. The third-order valence-corrected chi connectivity index (χ3v) is 7.10. The number of ether oxygens (including phenoxy) is 2. The van der Waals surface area contributed by atoms with Gasteiger partial charge in [-0.25, -0.2) is 4.98 Å². The summed E-state index contributed by atoms with van der Waals surface area (Å²) in [6.07, 6.45) is 7.43. The van der Waals surface area contributed by atoms with E-state index in [0.29, 0.717) is 37.4 Å². The zero-order valence-corrected chi connectivity index (χ0v) is 20.6. The first-order chi connectivity index (χ1) is 16.1. The van der Waals surface area contributed by atoms with Crippen LogP contribution in [0.15, 0.2) is 41.0 Å². The number of benzene rings is 1. The van der Waals surface area contributed by atoms with Crippen molar-refractivity contribution in [3.63, 3.8) is 0 Å². The molecule has 2 fully saturated rings. The first kappa shape index (κ1) is 23.7. The van der Waals surface area contributed by atoms with E-state index in [1.54, 1.807) is 6.20 Å². The van der Waals surface area contributed by atoms with E-state index < -0.39 is 0 Å². The first-order valence-electron chi connectivity index (χ1n) is 11.8. The number of carbonyl (C=O) groups is 2. The Balaban J connectivity index is 1.32. The van der Waals surface area contributed by atoms with Crippen LogP contribution in [0.2, 0.25) is 0 Å². The van der Waals surface area contributed by atoms with E-state index in [1.807, 2.05) is 37.3 Å². The number of aromatic nitrogens is 1. The van der Waals surface area contributed by atoms with Gasteiger partial charge in [0.25, 0.3) is 0 Å². The molecule has 1 atom stereocenters. The number of hydrogen-bond donors (Lipinski definition) is 0. The van der Waals surface area contributed by atoms with E-state index in [1.165, 1.54) is 0 Å². The predicted molar refractivity (Wildman–Crippen MR) is 131 cm³/mol. The van der Waals surface area contributed by atoms with Gasteiger partial charge in [0, 0.05) is 41.1 Å². The fourth-order valence-electron chi connectivity index (χ4n) is 4.62. The van der Waals surface area contributed by atoms with Gasteiger partial charge in [0.2, 0.25) is 5.88 Å². The van der Waals surface area contributed by atoms with Crippen LogP contribution in [0, 0.1) is 11.8 Å². The second-order valence-electron chi connectivity index (χ2n) is 8.94. The number of piperidine rings is 1. The van der Waals surface area contributed by atoms with E-state index in [-0.39, 0.29) is 11.9 Å². The molecule has 0 N–H and O–H groups in total. The zero-order valence-electron chi connectivity index (χ0n) is 19.0. The summed E-state index contributed by atoms with van der Waals surface area (Å²) in [5.74, 6) is 1.65. The highest BCUT2D eigenvalue weighted by Crippen LogP contribution is 2.45. The lowest BCUT2D eigenvalue weighted by Gasteiger charge is -2.34. The quantitative estimate of drug-likeness (QED) is 0.312. The van der Waals surface area contributed by atoms with Gasteiger partial charge in [0.05, 0.1) is 19.6 Å². The van der Waals surface area contributed by atoms with Crippen molar-refractivity contribution in [3.05, 3.63) is 52.1 Å². The molecule has 1 aromatic heterocycles. The molecule has 1 aliphatic carbocycles. The van der Waals surface area contributed by atoms with Crippen LogP contribution < -0.4 is 9.64 Å². The number of rotatable bonds is 10. The standard InChI is InChI=1S/C26H31BrN2O4/c1-2-32-26(31)15-23(19-3-4-19)20-7-10-28-25(13-20)33-17-18-8-11-29(12-9-18)24-14-22(27)6-5-21(24)16-30/h5-7,10,13-14,16,18-19,23H,2-4,8-9,11-12,15,17H2,1H3. The lowest BCUT2D eigenvalue weighted by atomic mass is 9.92. The van der Waals surface area contributed by atoms with Gasteiger partial charge in [-0.2, -0.15) is 0 Å². The summed E-state index contributed by atoms with van der Waals surface area (Å²) in [6, 6.07) is 9.76. The molecule has 6 nitrogen and oxygen atoms in total. The van der Waals surface area contributed by atoms with Crippen LogP contribution >= 0.6 is 15.9 Å². The minimum atomic E-state index is -0.136. The number of nitrogens with zero attached hydrogens (tertiary/aromatic N) is 2. The van der Waals surface area contributed by atoms with Crippen molar-refractivity contribution >= 4 is 33.9 Å². The number of hydrogen-bond acceptors (Lipinski definition) is 6. The molecule has 1 aliphatic heterocycles. The molecule has 1 unspecified atom stereocenters. The Morgan fingerprint density at radius 3 is 2.70 bits per heavy atom. The van der Waals surface area contributed by atoms with Crippen LogP contribution in [0.1, 0.15) is 60.9 Å². The van der Waals surface area contributed by atoms with E-state index in [4.69, 9.17) is 9.47 Å². The smallest absolute Gasteiger partial charge is 0.306 e. The summed E-state index contributed by atoms with van der Waals surface area (Å²) in [5.41, 5.74) is 2.82. The van der Waals surface area contributed by atoms with E-state index >= 15 is 0 Å². The van der Waals surface area contributed by atoms with Crippen molar-refractivity contribution < 1.29 is 19.1 Å². The molecule has 0 spiro atoms. The van der Waals surface area contributed by atoms with Crippen molar-refractivity contribution in [2.45, 2.75) is 44.9 Å². The minimum Gasteiger partial charge on any atom is -0.477 e. The van der Waals surface area contributed by atoms with Gasteiger partial charge in [-0.1, -0.05) is 15.9 Å². The summed E-state index contributed by atoms with van der Waals surface area (Å²) in [4.78, 5) is 30.2. The molecule has 1 saturated heterocycles. The van der Waals surface area contributed by atoms with Crippen molar-refractivity contribution in [1.82, 2.24) is 4.98 Å². The molecule has 0 radical (unpaired) electrons. The van der Waals surface area contributed by atoms with Crippen LogP contribution in [0.5, 0.6) is 5.88 Å². The molecule has 2 aliphatic rings. The Bertz CT molecular complexity index is 971. The Labute approximate surface area is 203 Å². The summed E-state index contributed by atoms with van der Waals surface area (Å²) >= 11 is 3.51. The van der Waals surface area contributed by atoms with Crippen molar-refractivity contribution in [3.8, 4) is 5.88 Å². The molecule has 0 bridgehead atoms. The molecule has 7 heteroatoms. The third-order valence-electron chi connectivity index (χ3n) is 6.61. The lowest BCUT2D eigenvalue weighted by Crippen LogP contribution is -2.36. The lowest BCUT2D eigenvalue weighted by molar-refractivity contribution is -0.143. The van der Waals surface area contributed by atoms with E-state index in [0.717, 1.165) is 66.3 Å². The second kappa shape index (κ2) is 11.1. The largest absolute Gasteiger partial charge is 0.477 e. The number of esters is 1. The van der Waals surface area contributed by atoms with Crippen LogP contribution in [0.3, 0.4) is 0 Å². The normalized spacial score (nSPS) is 17.5. The van der Waals surface area contributed by atoms with E-state index in [9.17, 15) is 9.59 Å². The molecule has 176 valence electrons. The average Bonchev–Trinajstić information content (AvgIpc) is 3.67. The zero-order chi connectivity index (χ0) is 23.2. The van der Waals surface area contributed by atoms with Crippen LogP contribution in [0.25, 0.3) is 0 Å². The predicted octanol–water partition coefficient (Wildman–Crippen LogP) is 5.40. The maximum absolute atomic E-state index is 12.1. The minimum absolute atomic E-state index is 0.136. The summed E-state index contributed by atoms with van der Waals surface area (Å²) in [6.45, 7) is 4.66. The molecule has 2 heterocycles. The van der Waals surface area contributed by atoms with Gasteiger partial charge in [0.15, 0.2) is 6.29 Å². The van der Waals surface area contributed by atoms with Crippen LogP contribution in [0.4, 0.5) is 5.69 Å². The third kappa shape index (κ3) is 6.34.